The van der Waals surface area contributed by atoms with E-state index < -0.39 is 0 Å². The number of rotatable bonds is 8. The molecule has 0 saturated carbocycles. The largest absolute Gasteiger partial charge is 0.493 e. The lowest BCUT2D eigenvalue weighted by Gasteiger charge is -2.18. The summed E-state index contributed by atoms with van der Waals surface area (Å²) in [6, 6.07) is 7.98. The van der Waals surface area contributed by atoms with Crippen molar-refractivity contribution in [1.29, 1.82) is 0 Å². The predicted molar refractivity (Wildman–Crippen MR) is 103 cm³/mol. The summed E-state index contributed by atoms with van der Waals surface area (Å²) in [5.74, 6) is 0.889. The molecule has 0 aliphatic carbocycles. The molecular weight excluding hydrogens is 332 g/mol. The van der Waals surface area contributed by atoms with Crippen LogP contribution in [0.2, 0.25) is 0 Å². The van der Waals surface area contributed by atoms with Gasteiger partial charge >= 0.3 is 5.97 Å². The molecule has 0 radical (unpaired) electrons. The Bertz CT molecular complexity index is 808. The lowest BCUT2D eigenvalue weighted by atomic mass is 9.93. The third-order valence-electron chi connectivity index (χ3n) is 4.13. The molecule has 2 aromatic rings. The summed E-state index contributed by atoms with van der Waals surface area (Å²) in [6.45, 7) is 6.24. The summed E-state index contributed by atoms with van der Waals surface area (Å²) in [5, 5.41) is 1.97. The molecule has 26 heavy (non-hydrogen) atoms. The lowest BCUT2D eigenvalue weighted by molar-refractivity contribution is -0.137. The Kier molecular flexibility index (Phi) is 7.04. The molecule has 2 rings (SSSR count). The SMILES string of the molecule is CCOC(=O)/C=C(/C)c1cc(OC)c(OCOC)c2c(CC)cccc12. The zero-order valence-corrected chi connectivity index (χ0v) is 16.0. The first-order chi connectivity index (χ1) is 12.6. The molecule has 0 bridgehead atoms. The standard InChI is InChI=1S/C21H26O5/c1-6-15-9-8-10-16-17(14(3)11-19(22)25-7-2)12-18(24-5)21(20(15)16)26-13-23-4/h8-12H,6-7,13H2,1-5H3/b14-11-. The molecule has 2 aromatic carbocycles. The minimum Gasteiger partial charge on any atom is -0.493 e. The molecule has 5 heteroatoms. The Morgan fingerprint density at radius 3 is 2.58 bits per heavy atom. The van der Waals surface area contributed by atoms with E-state index in [1.807, 2.05) is 25.1 Å². The van der Waals surface area contributed by atoms with Gasteiger partial charge in [-0.15, -0.1) is 0 Å². The summed E-state index contributed by atoms with van der Waals surface area (Å²) >= 11 is 0. The van der Waals surface area contributed by atoms with Crippen molar-refractivity contribution in [3.63, 3.8) is 0 Å². The number of benzene rings is 2. The molecule has 0 amide bonds. The van der Waals surface area contributed by atoms with Gasteiger partial charge in [0.15, 0.2) is 18.3 Å². The van der Waals surface area contributed by atoms with Crippen molar-refractivity contribution in [3.05, 3.63) is 41.5 Å². The van der Waals surface area contributed by atoms with Gasteiger partial charge in [0.2, 0.25) is 0 Å². The fourth-order valence-corrected chi connectivity index (χ4v) is 2.96. The van der Waals surface area contributed by atoms with Crippen LogP contribution < -0.4 is 9.47 Å². The number of allylic oxidation sites excluding steroid dienone is 1. The number of ether oxygens (including phenoxy) is 4. The van der Waals surface area contributed by atoms with Crippen LogP contribution >= 0.6 is 0 Å². The van der Waals surface area contributed by atoms with E-state index in [2.05, 4.69) is 13.0 Å². The molecular formula is C21H26O5. The monoisotopic (exact) mass is 358 g/mol. The van der Waals surface area contributed by atoms with E-state index in [1.165, 1.54) is 6.08 Å². The Hall–Kier alpha value is -2.53. The van der Waals surface area contributed by atoms with Crippen molar-refractivity contribution in [2.24, 2.45) is 0 Å². The summed E-state index contributed by atoms with van der Waals surface area (Å²) in [7, 11) is 3.18. The topological polar surface area (TPSA) is 54.0 Å². The van der Waals surface area contributed by atoms with Crippen molar-refractivity contribution >= 4 is 22.3 Å². The molecule has 0 aliphatic rings. The molecule has 0 aromatic heterocycles. The Morgan fingerprint density at radius 2 is 1.96 bits per heavy atom. The molecule has 0 saturated heterocycles. The van der Waals surface area contributed by atoms with E-state index in [1.54, 1.807) is 21.1 Å². The van der Waals surface area contributed by atoms with Gasteiger partial charge in [-0.05, 0) is 48.4 Å². The zero-order valence-electron chi connectivity index (χ0n) is 16.0. The summed E-state index contributed by atoms with van der Waals surface area (Å²) in [5.41, 5.74) is 2.85. The van der Waals surface area contributed by atoms with E-state index in [-0.39, 0.29) is 12.8 Å². The number of hydrogen-bond acceptors (Lipinski definition) is 5. The van der Waals surface area contributed by atoms with Crippen LogP contribution in [0.4, 0.5) is 0 Å². The fourth-order valence-electron chi connectivity index (χ4n) is 2.96. The second-order valence-electron chi connectivity index (χ2n) is 5.78. The quantitative estimate of drug-likeness (QED) is 0.399. The molecule has 0 unspecified atom stereocenters. The first-order valence-electron chi connectivity index (χ1n) is 8.67. The van der Waals surface area contributed by atoms with Crippen LogP contribution in [0, 0.1) is 0 Å². The van der Waals surface area contributed by atoms with Crippen molar-refractivity contribution < 1.29 is 23.7 Å². The second kappa shape index (κ2) is 9.25. The van der Waals surface area contributed by atoms with E-state index in [4.69, 9.17) is 18.9 Å². The lowest BCUT2D eigenvalue weighted by Crippen LogP contribution is -2.04. The van der Waals surface area contributed by atoms with Crippen molar-refractivity contribution in [2.45, 2.75) is 27.2 Å². The summed E-state index contributed by atoms with van der Waals surface area (Å²) in [6.07, 6.45) is 2.35. The Morgan fingerprint density at radius 1 is 1.19 bits per heavy atom. The van der Waals surface area contributed by atoms with E-state index in [9.17, 15) is 4.79 Å². The van der Waals surface area contributed by atoms with E-state index in [0.717, 1.165) is 33.9 Å². The predicted octanol–water partition coefficient (Wildman–Crippen LogP) is 4.36. The second-order valence-corrected chi connectivity index (χ2v) is 5.78. The van der Waals surface area contributed by atoms with Gasteiger partial charge in [0.05, 0.1) is 13.7 Å². The van der Waals surface area contributed by atoms with Crippen LogP contribution in [0.15, 0.2) is 30.3 Å². The van der Waals surface area contributed by atoms with E-state index >= 15 is 0 Å². The highest BCUT2D eigenvalue weighted by Crippen LogP contribution is 2.42. The number of fused-ring (bicyclic) bond motifs is 1. The number of hydrogen-bond donors (Lipinski definition) is 0. The van der Waals surface area contributed by atoms with Crippen LogP contribution in [0.3, 0.4) is 0 Å². The highest BCUT2D eigenvalue weighted by atomic mass is 16.7. The maximum atomic E-state index is 11.9. The maximum Gasteiger partial charge on any atom is 0.331 e. The van der Waals surface area contributed by atoms with Crippen LogP contribution in [0.25, 0.3) is 16.3 Å². The molecule has 0 aliphatic heterocycles. The Balaban J connectivity index is 2.74. The van der Waals surface area contributed by atoms with Gasteiger partial charge in [0, 0.05) is 18.6 Å². The number of aryl methyl sites for hydroxylation is 1. The molecule has 0 heterocycles. The number of carbonyl (C=O) groups excluding carboxylic acids is 1. The van der Waals surface area contributed by atoms with Gasteiger partial charge in [-0.25, -0.2) is 4.79 Å². The average Bonchev–Trinajstić information content (AvgIpc) is 2.64. The van der Waals surface area contributed by atoms with Crippen LogP contribution in [-0.4, -0.2) is 33.6 Å². The molecule has 0 atom stereocenters. The fraction of sp³-hybridized carbons (Fsp3) is 0.381. The first-order valence-corrected chi connectivity index (χ1v) is 8.67. The van der Waals surface area contributed by atoms with Gasteiger partial charge in [-0.1, -0.05) is 25.1 Å². The summed E-state index contributed by atoms with van der Waals surface area (Å²) in [4.78, 5) is 11.9. The summed E-state index contributed by atoms with van der Waals surface area (Å²) < 4.78 is 21.5. The molecule has 0 spiro atoms. The smallest absolute Gasteiger partial charge is 0.331 e. The number of carbonyl (C=O) groups is 1. The van der Waals surface area contributed by atoms with Crippen molar-refractivity contribution in [1.82, 2.24) is 0 Å². The Labute approximate surface area is 154 Å². The van der Waals surface area contributed by atoms with Gasteiger partial charge in [-0.2, -0.15) is 0 Å². The molecule has 0 fully saturated rings. The minimum absolute atomic E-state index is 0.125. The van der Waals surface area contributed by atoms with Crippen LogP contribution in [0.5, 0.6) is 11.5 Å². The number of methoxy groups -OCH3 is 2. The van der Waals surface area contributed by atoms with Crippen molar-refractivity contribution in [3.8, 4) is 11.5 Å². The third-order valence-corrected chi connectivity index (χ3v) is 4.13. The highest BCUT2D eigenvalue weighted by Gasteiger charge is 2.18. The molecule has 140 valence electrons. The first kappa shape index (κ1) is 19.8. The average molecular weight is 358 g/mol. The van der Waals surface area contributed by atoms with Crippen LogP contribution in [0.1, 0.15) is 31.9 Å². The van der Waals surface area contributed by atoms with Gasteiger partial charge in [0.25, 0.3) is 0 Å². The minimum atomic E-state index is -0.358. The third kappa shape index (κ3) is 4.17. The van der Waals surface area contributed by atoms with Gasteiger partial charge in [-0.3, -0.25) is 0 Å². The molecule has 5 nitrogen and oxygen atoms in total. The maximum absolute atomic E-state index is 11.9. The zero-order chi connectivity index (χ0) is 19.1. The normalized spacial score (nSPS) is 11.5. The number of esters is 1. The highest BCUT2D eigenvalue weighted by molar-refractivity contribution is 6.03. The van der Waals surface area contributed by atoms with Gasteiger partial charge in [0.1, 0.15) is 0 Å². The molecule has 0 N–H and O–H groups in total. The van der Waals surface area contributed by atoms with E-state index in [0.29, 0.717) is 18.1 Å². The van der Waals surface area contributed by atoms with Crippen molar-refractivity contribution in [2.75, 3.05) is 27.6 Å². The van der Waals surface area contributed by atoms with Crippen LogP contribution in [-0.2, 0) is 20.7 Å². The van der Waals surface area contributed by atoms with Gasteiger partial charge < -0.3 is 18.9 Å².